The highest BCUT2D eigenvalue weighted by molar-refractivity contribution is 5.81. The topological polar surface area (TPSA) is 64.3 Å². The van der Waals surface area contributed by atoms with E-state index in [0.29, 0.717) is 18.9 Å². The van der Waals surface area contributed by atoms with Crippen molar-refractivity contribution in [2.45, 2.75) is 77.0 Å². The second-order valence-electron chi connectivity index (χ2n) is 7.68. The number of benzene rings is 1. The molecule has 0 radical (unpaired) electrons. The van der Waals surface area contributed by atoms with Gasteiger partial charge in [-0.3, -0.25) is 4.79 Å². The van der Waals surface area contributed by atoms with Gasteiger partial charge in [0.1, 0.15) is 5.82 Å². The lowest BCUT2D eigenvalue weighted by Gasteiger charge is -2.30. The standard InChI is InChI=1S/C21H33FN2O2/c1-15(2)26-20(19(23)14-16-7-4-3-5-8-16)21(25)24-12-11-17-9-6-10-18(22)13-17/h6,9-10,13,15-16,19-20H,3-5,7-8,11-12,14,23H2,1-2H3,(H,24,25)/t19-,20?/m1/s1. The summed E-state index contributed by atoms with van der Waals surface area (Å²) in [6, 6.07) is 6.14. The number of hydrogen-bond acceptors (Lipinski definition) is 3. The summed E-state index contributed by atoms with van der Waals surface area (Å²) in [4.78, 5) is 12.6. The predicted molar refractivity (Wildman–Crippen MR) is 102 cm³/mol. The van der Waals surface area contributed by atoms with Crippen LogP contribution in [0.15, 0.2) is 24.3 Å². The number of halogens is 1. The Morgan fingerprint density at radius 3 is 2.69 bits per heavy atom. The van der Waals surface area contributed by atoms with Crippen LogP contribution in [0.2, 0.25) is 0 Å². The zero-order valence-electron chi connectivity index (χ0n) is 16.0. The van der Waals surface area contributed by atoms with Crippen molar-refractivity contribution >= 4 is 5.91 Å². The molecule has 1 aliphatic carbocycles. The molecule has 4 nitrogen and oxygen atoms in total. The fourth-order valence-corrected chi connectivity index (χ4v) is 3.70. The zero-order valence-corrected chi connectivity index (χ0v) is 16.0. The Bertz CT molecular complexity index is 559. The maximum atomic E-state index is 13.2. The Morgan fingerprint density at radius 2 is 2.04 bits per heavy atom. The van der Waals surface area contributed by atoms with Gasteiger partial charge in [0, 0.05) is 12.6 Å². The zero-order chi connectivity index (χ0) is 18.9. The molecule has 0 heterocycles. The molecule has 26 heavy (non-hydrogen) atoms. The molecule has 0 aromatic heterocycles. The Morgan fingerprint density at radius 1 is 1.31 bits per heavy atom. The summed E-state index contributed by atoms with van der Waals surface area (Å²) in [6.45, 7) is 4.27. The third-order valence-electron chi connectivity index (χ3n) is 5.00. The predicted octanol–water partition coefficient (Wildman–Crippen LogP) is 3.58. The minimum absolute atomic E-state index is 0.0635. The molecule has 146 valence electrons. The molecule has 1 fully saturated rings. The van der Waals surface area contributed by atoms with Crippen molar-refractivity contribution in [3.8, 4) is 0 Å². The molecule has 0 spiro atoms. The van der Waals surface area contributed by atoms with Crippen LogP contribution in [0, 0.1) is 11.7 Å². The number of hydrogen-bond donors (Lipinski definition) is 2. The number of nitrogens with two attached hydrogens (primary N) is 1. The van der Waals surface area contributed by atoms with Gasteiger partial charge in [0.05, 0.1) is 6.10 Å². The smallest absolute Gasteiger partial charge is 0.250 e. The molecule has 1 aromatic rings. The number of ether oxygens (including phenoxy) is 1. The van der Waals surface area contributed by atoms with Gasteiger partial charge in [-0.1, -0.05) is 44.2 Å². The second kappa shape index (κ2) is 10.6. The Kier molecular flexibility index (Phi) is 8.52. The molecule has 1 unspecified atom stereocenters. The summed E-state index contributed by atoms with van der Waals surface area (Å²) < 4.78 is 19.1. The summed E-state index contributed by atoms with van der Waals surface area (Å²) >= 11 is 0. The molecular formula is C21H33FN2O2. The van der Waals surface area contributed by atoms with E-state index in [1.165, 1.54) is 44.2 Å². The van der Waals surface area contributed by atoms with Crippen LogP contribution in [0.3, 0.4) is 0 Å². The van der Waals surface area contributed by atoms with Crippen molar-refractivity contribution in [2.24, 2.45) is 11.7 Å². The molecular weight excluding hydrogens is 331 g/mol. The van der Waals surface area contributed by atoms with Crippen LogP contribution in [-0.4, -0.2) is 30.7 Å². The first-order valence-electron chi connectivity index (χ1n) is 9.89. The number of nitrogens with one attached hydrogen (secondary N) is 1. The first-order chi connectivity index (χ1) is 12.5. The third-order valence-corrected chi connectivity index (χ3v) is 5.00. The lowest BCUT2D eigenvalue weighted by Crippen LogP contribution is -2.50. The van der Waals surface area contributed by atoms with Crippen LogP contribution in [0.25, 0.3) is 0 Å². The SMILES string of the molecule is CC(C)OC(C(=O)NCCc1cccc(F)c1)[C@H](N)CC1CCCCC1. The third kappa shape index (κ3) is 7.04. The molecule has 1 saturated carbocycles. The highest BCUT2D eigenvalue weighted by Gasteiger charge is 2.29. The van der Waals surface area contributed by atoms with E-state index in [0.717, 1.165) is 12.0 Å². The normalized spacial score (nSPS) is 17.9. The van der Waals surface area contributed by atoms with Gasteiger partial charge in [0.25, 0.3) is 5.91 Å². The van der Waals surface area contributed by atoms with Crippen molar-refractivity contribution in [3.63, 3.8) is 0 Å². The van der Waals surface area contributed by atoms with Crippen molar-refractivity contribution in [1.82, 2.24) is 5.32 Å². The molecule has 0 aliphatic heterocycles. The molecule has 0 saturated heterocycles. The van der Waals surface area contributed by atoms with Gasteiger partial charge in [-0.15, -0.1) is 0 Å². The molecule has 5 heteroatoms. The molecule has 1 aliphatic rings. The van der Waals surface area contributed by atoms with Crippen molar-refractivity contribution in [3.05, 3.63) is 35.6 Å². The molecule has 2 atom stereocenters. The average Bonchev–Trinajstić information content (AvgIpc) is 2.60. The van der Waals surface area contributed by atoms with E-state index in [-0.39, 0.29) is 23.9 Å². The van der Waals surface area contributed by atoms with Crippen LogP contribution in [0.5, 0.6) is 0 Å². The second-order valence-corrected chi connectivity index (χ2v) is 7.68. The summed E-state index contributed by atoms with van der Waals surface area (Å²) in [5, 5.41) is 2.91. The summed E-state index contributed by atoms with van der Waals surface area (Å²) in [5.41, 5.74) is 7.22. The van der Waals surface area contributed by atoms with E-state index in [2.05, 4.69) is 5.32 Å². The maximum Gasteiger partial charge on any atom is 0.250 e. The van der Waals surface area contributed by atoms with Crippen LogP contribution in [-0.2, 0) is 16.0 Å². The molecule has 0 bridgehead atoms. The maximum absolute atomic E-state index is 13.2. The van der Waals surface area contributed by atoms with Gasteiger partial charge < -0.3 is 15.8 Å². The largest absolute Gasteiger partial charge is 0.364 e. The fourth-order valence-electron chi connectivity index (χ4n) is 3.70. The fraction of sp³-hybridized carbons (Fsp3) is 0.667. The van der Waals surface area contributed by atoms with Gasteiger partial charge in [0.15, 0.2) is 6.10 Å². The van der Waals surface area contributed by atoms with Gasteiger partial charge in [-0.2, -0.15) is 0 Å². The Labute approximate surface area is 156 Å². The Balaban J connectivity index is 1.86. The van der Waals surface area contributed by atoms with E-state index in [1.54, 1.807) is 6.07 Å². The van der Waals surface area contributed by atoms with Gasteiger partial charge in [-0.25, -0.2) is 4.39 Å². The lowest BCUT2D eigenvalue weighted by atomic mass is 9.84. The van der Waals surface area contributed by atoms with Crippen LogP contribution < -0.4 is 11.1 Å². The summed E-state index contributed by atoms with van der Waals surface area (Å²) in [5.74, 6) is 0.167. The van der Waals surface area contributed by atoms with Gasteiger partial charge in [-0.05, 0) is 50.3 Å². The van der Waals surface area contributed by atoms with Crippen LogP contribution >= 0.6 is 0 Å². The molecule has 1 amide bonds. The van der Waals surface area contributed by atoms with Gasteiger partial charge in [0.2, 0.25) is 0 Å². The first-order valence-corrected chi connectivity index (χ1v) is 9.89. The number of rotatable bonds is 9. The number of amides is 1. The highest BCUT2D eigenvalue weighted by Crippen LogP contribution is 2.28. The van der Waals surface area contributed by atoms with Gasteiger partial charge >= 0.3 is 0 Å². The van der Waals surface area contributed by atoms with E-state index < -0.39 is 6.10 Å². The number of carbonyl (C=O) groups excluding carboxylic acids is 1. The average molecular weight is 365 g/mol. The van der Waals surface area contributed by atoms with Crippen molar-refractivity contribution in [2.75, 3.05) is 6.54 Å². The van der Waals surface area contributed by atoms with E-state index in [4.69, 9.17) is 10.5 Å². The van der Waals surface area contributed by atoms with E-state index in [9.17, 15) is 9.18 Å². The molecule has 2 rings (SSSR count). The summed E-state index contributed by atoms with van der Waals surface area (Å²) in [6.07, 6.45) is 6.92. The Hall–Kier alpha value is -1.46. The molecule has 1 aromatic carbocycles. The quantitative estimate of drug-likeness (QED) is 0.704. The van der Waals surface area contributed by atoms with Crippen molar-refractivity contribution < 1.29 is 13.9 Å². The van der Waals surface area contributed by atoms with Crippen molar-refractivity contribution in [1.29, 1.82) is 0 Å². The van der Waals surface area contributed by atoms with Crippen LogP contribution in [0.1, 0.15) is 57.9 Å². The minimum Gasteiger partial charge on any atom is -0.364 e. The monoisotopic (exact) mass is 364 g/mol. The first kappa shape index (κ1) is 20.8. The molecule has 3 N–H and O–H groups in total. The summed E-state index contributed by atoms with van der Waals surface area (Å²) in [7, 11) is 0. The van der Waals surface area contributed by atoms with Crippen LogP contribution in [0.4, 0.5) is 4.39 Å². The highest BCUT2D eigenvalue weighted by atomic mass is 19.1. The number of carbonyl (C=O) groups is 1. The lowest BCUT2D eigenvalue weighted by molar-refractivity contribution is -0.137. The van der Waals surface area contributed by atoms with E-state index in [1.807, 2.05) is 19.9 Å². The van der Waals surface area contributed by atoms with E-state index >= 15 is 0 Å². The minimum atomic E-state index is -0.635.